The molecule has 2 aromatic rings. The number of esters is 1. The SMILES string of the molecule is CCOC(=O)c1c(NC(=O)C[NH2+]CC(C)C)sc(Cl)c1-c1ccc(C)cc1. The second-order valence-corrected chi connectivity index (χ2v) is 8.33. The fourth-order valence-electron chi connectivity index (χ4n) is 2.59. The summed E-state index contributed by atoms with van der Waals surface area (Å²) in [4.78, 5) is 24.9. The summed E-state index contributed by atoms with van der Waals surface area (Å²) in [6.45, 7) is 9.32. The second-order valence-electron chi connectivity index (χ2n) is 6.71. The summed E-state index contributed by atoms with van der Waals surface area (Å²) in [6, 6.07) is 7.73. The molecule has 146 valence electrons. The first-order chi connectivity index (χ1) is 12.8. The third-order valence-electron chi connectivity index (χ3n) is 3.91. The molecule has 0 saturated carbocycles. The molecule has 2 rings (SSSR count). The van der Waals surface area contributed by atoms with Crippen molar-refractivity contribution in [2.75, 3.05) is 25.0 Å². The number of anilines is 1. The second kappa shape index (κ2) is 9.88. The topological polar surface area (TPSA) is 72.0 Å². The van der Waals surface area contributed by atoms with Crippen LogP contribution in [-0.4, -0.2) is 31.6 Å². The zero-order valence-corrected chi connectivity index (χ0v) is 17.7. The van der Waals surface area contributed by atoms with E-state index in [0.717, 1.165) is 17.7 Å². The van der Waals surface area contributed by atoms with Gasteiger partial charge in [0.2, 0.25) is 0 Å². The molecular formula is C20H26ClN2O3S+. The molecule has 0 saturated heterocycles. The van der Waals surface area contributed by atoms with E-state index in [1.807, 2.05) is 36.5 Å². The Balaban J connectivity index is 2.34. The lowest BCUT2D eigenvalue weighted by atomic mass is 10.0. The van der Waals surface area contributed by atoms with Crippen LogP contribution < -0.4 is 10.6 Å². The molecule has 1 aromatic carbocycles. The van der Waals surface area contributed by atoms with Crippen molar-refractivity contribution in [3.05, 3.63) is 39.7 Å². The smallest absolute Gasteiger partial charge is 0.341 e. The van der Waals surface area contributed by atoms with Gasteiger partial charge < -0.3 is 15.4 Å². The number of rotatable bonds is 8. The number of amides is 1. The van der Waals surface area contributed by atoms with Crippen molar-refractivity contribution in [3.8, 4) is 11.1 Å². The minimum absolute atomic E-state index is 0.172. The summed E-state index contributed by atoms with van der Waals surface area (Å²) in [5.74, 6) is -0.163. The molecule has 5 nitrogen and oxygen atoms in total. The Morgan fingerprint density at radius 1 is 1.26 bits per heavy atom. The fourth-order valence-corrected chi connectivity index (χ4v) is 3.98. The number of nitrogens with two attached hydrogens (primary N) is 1. The Labute approximate surface area is 169 Å². The van der Waals surface area contributed by atoms with E-state index in [1.165, 1.54) is 11.3 Å². The standard InChI is InChI=1S/C20H25ClN2O3S/c1-5-26-20(25)17-16(14-8-6-13(4)7-9-14)18(21)27-19(17)23-15(24)11-22-10-12(2)3/h6-9,12,22H,5,10-11H2,1-4H3,(H,23,24)/p+1. The third-order valence-corrected chi connectivity index (χ3v) is 5.22. The van der Waals surface area contributed by atoms with Crippen LogP contribution in [-0.2, 0) is 9.53 Å². The highest BCUT2D eigenvalue weighted by Gasteiger charge is 2.26. The van der Waals surface area contributed by atoms with Crippen LogP contribution in [0.15, 0.2) is 24.3 Å². The molecular weight excluding hydrogens is 384 g/mol. The van der Waals surface area contributed by atoms with Crippen LogP contribution in [0, 0.1) is 12.8 Å². The van der Waals surface area contributed by atoms with Crippen LogP contribution in [0.1, 0.15) is 36.7 Å². The maximum absolute atomic E-state index is 12.6. The number of halogens is 1. The zero-order chi connectivity index (χ0) is 20.0. The van der Waals surface area contributed by atoms with Crippen molar-refractivity contribution in [1.82, 2.24) is 0 Å². The molecule has 1 heterocycles. The molecule has 1 amide bonds. The van der Waals surface area contributed by atoms with Gasteiger partial charge in [-0.15, -0.1) is 11.3 Å². The number of quaternary nitrogens is 1. The van der Waals surface area contributed by atoms with E-state index in [9.17, 15) is 9.59 Å². The molecule has 0 spiro atoms. The van der Waals surface area contributed by atoms with Crippen molar-refractivity contribution >= 4 is 39.8 Å². The van der Waals surface area contributed by atoms with E-state index in [0.29, 0.717) is 26.4 Å². The van der Waals surface area contributed by atoms with Gasteiger partial charge in [-0.3, -0.25) is 4.79 Å². The van der Waals surface area contributed by atoms with Crippen LogP contribution >= 0.6 is 22.9 Å². The lowest BCUT2D eigenvalue weighted by molar-refractivity contribution is -0.648. The van der Waals surface area contributed by atoms with Crippen LogP contribution in [0.5, 0.6) is 0 Å². The van der Waals surface area contributed by atoms with Crippen molar-refractivity contribution in [2.24, 2.45) is 5.92 Å². The Bertz CT molecular complexity index is 800. The summed E-state index contributed by atoms with van der Waals surface area (Å²) in [5.41, 5.74) is 2.84. The first-order valence-corrected chi connectivity index (χ1v) is 10.2. The molecule has 0 aliphatic rings. The largest absolute Gasteiger partial charge is 0.462 e. The molecule has 27 heavy (non-hydrogen) atoms. The van der Waals surface area contributed by atoms with Crippen LogP contribution in [0.2, 0.25) is 4.34 Å². The summed E-state index contributed by atoms with van der Waals surface area (Å²) in [5, 5.41) is 5.20. The Hall–Kier alpha value is -1.89. The number of carbonyl (C=O) groups is 2. The van der Waals surface area contributed by atoms with Crippen molar-refractivity contribution in [3.63, 3.8) is 0 Å². The maximum Gasteiger partial charge on any atom is 0.341 e. The Morgan fingerprint density at radius 3 is 2.52 bits per heavy atom. The first-order valence-electron chi connectivity index (χ1n) is 9.01. The minimum Gasteiger partial charge on any atom is -0.462 e. The highest BCUT2D eigenvalue weighted by Crippen LogP contribution is 2.44. The molecule has 0 aliphatic carbocycles. The van der Waals surface area contributed by atoms with E-state index < -0.39 is 5.97 Å². The van der Waals surface area contributed by atoms with Crippen LogP contribution in [0.3, 0.4) is 0 Å². The Morgan fingerprint density at radius 2 is 1.93 bits per heavy atom. The third kappa shape index (κ3) is 5.79. The van der Waals surface area contributed by atoms with E-state index in [-0.39, 0.29) is 19.1 Å². The maximum atomic E-state index is 12.6. The number of hydrogen-bond acceptors (Lipinski definition) is 4. The number of aryl methyl sites for hydroxylation is 1. The number of hydrogen-bond donors (Lipinski definition) is 2. The van der Waals surface area contributed by atoms with Gasteiger partial charge in [-0.1, -0.05) is 55.3 Å². The summed E-state index contributed by atoms with van der Waals surface area (Å²) in [7, 11) is 0. The Kier molecular flexibility index (Phi) is 7.83. The number of nitrogens with one attached hydrogen (secondary N) is 1. The number of thiophene rings is 1. The quantitative estimate of drug-likeness (QED) is 0.653. The van der Waals surface area contributed by atoms with Crippen LogP contribution in [0.4, 0.5) is 5.00 Å². The van der Waals surface area contributed by atoms with Gasteiger partial charge in [-0.2, -0.15) is 0 Å². The number of ether oxygens (including phenoxy) is 1. The van der Waals surface area contributed by atoms with Gasteiger partial charge in [0.25, 0.3) is 5.91 Å². The molecule has 0 atom stereocenters. The summed E-state index contributed by atoms with van der Waals surface area (Å²) >= 11 is 7.63. The number of benzene rings is 1. The van der Waals surface area contributed by atoms with Gasteiger partial charge in [0, 0.05) is 11.5 Å². The fraction of sp³-hybridized carbons (Fsp3) is 0.400. The lowest BCUT2D eigenvalue weighted by Gasteiger charge is -2.09. The van der Waals surface area contributed by atoms with Gasteiger partial charge in [0.15, 0.2) is 6.54 Å². The molecule has 1 aromatic heterocycles. The van der Waals surface area contributed by atoms with Gasteiger partial charge in [-0.25, -0.2) is 4.79 Å². The minimum atomic E-state index is -0.488. The average Bonchev–Trinajstić information content (AvgIpc) is 2.91. The molecule has 0 unspecified atom stereocenters. The van der Waals surface area contributed by atoms with E-state index in [1.54, 1.807) is 6.92 Å². The van der Waals surface area contributed by atoms with E-state index in [2.05, 4.69) is 19.2 Å². The molecule has 0 fully saturated rings. The highest BCUT2D eigenvalue weighted by atomic mass is 35.5. The van der Waals surface area contributed by atoms with E-state index >= 15 is 0 Å². The molecule has 0 aliphatic heterocycles. The lowest BCUT2D eigenvalue weighted by Crippen LogP contribution is -2.87. The zero-order valence-electron chi connectivity index (χ0n) is 16.1. The first kappa shape index (κ1) is 21.4. The van der Waals surface area contributed by atoms with Crippen molar-refractivity contribution in [2.45, 2.75) is 27.7 Å². The van der Waals surface area contributed by atoms with Crippen LogP contribution in [0.25, 0.3) is 11.1 Å². The van der Waals surface area contributed by atoms with Gasteiger partial charge in [0.05, 0.1) is 13.2 Å². The molecule has 7 heteroatoms. The summed E-state index contributed by atoms with van der Waals surface area (Å²) < 4.78 is 5.66. The predicted octanol–water partition coefficient (Wildman–Crippen LogP) is 3.71. The monoisotopic (exact) mass is 409 g/mol. The average molecular weight is 410 g/mol. The molecule has 0 bridgehead atoms. The highest BCUT2D eigenvalue weighted by molar-refractivity contribution is 7.21. The molecule has 3 N–H and O–H groups in total. The normalized spacial score (nSPS) is 10.9. The van der Waals surface area contributed by atoms with Gasteiger partial charge in [-0.05, 0) is 19.4 Å². The predicted molar refractivity (Wildman–Crippen MR) is 111 cm³/mol. The van der Waals surface area contributed by atoms with Crippen molar-refractivity contribution in [1.29, 1.82) is 0 Å². The number of carbonyl (C=O) groups excluding carboxylic acids is 2. The summed E-state index contributed by atoms with van der Waals surface area (Å²) in [6.07, 6.45) is 0. The van der Waals surface area contributed by atoms with Crippen molar-refractivity contribution < 1.29 is 19.6 Å². The molecule has 0 radical (unpaired) electrons. The van der Waals surface area contributed by atoms with E-state index in [4.69, 9.17) is 16.3 Å². The van der Waals surface area contributed by atoms with Gasteiger partial charge in [0.1, 0.15) is 14.9 Å². The van der Waals surface area contributed by atoms with Gasteiger partial charge >= 0.3 is 5.97 Å².